The standard InChI is InChI=1S/C31H45N5O9S/c1-21-11-17-24(18-12-21)46(40,41)35-36(5)25(32)10-8-9-22-13-15-23(16-14-22)20-44-30(39)34-27(29(42-6)43-7)28(38)33-19-26(37)45-31(2,3)4/h11-18,27,29,32,35H,8-10,19-20H2,1-7H3,(H,33,38)(H,34,39)/t27-/m1/s1. The van der Waals surface area contributed by atoms with Crippen molar-refractivity contribution in [1.82, 2.24) is 20.5 Å². The number of benzene rings is 2. The monoisotopic (exact) mass is 663 g/mol. The molecule has 15 heteroatoms. The summed E-state index contributed by atoms with van der Waals surface area (Å²) in [7, 11) is 0.285. The lowest BCUT2D eigenvalue weighted by Crippen LogP contribution is -2.55. The Morgan fingerprint density at radius 2 is 1.54 bits per heavy atom. The van der Waals surface area contributed by atoms with Crippen LogP contribution in [0.15, 0.2) is 53.4 Å². The Labute approximate surface area is 270 Å². The maximum Gasteiger partial charge on any atom is 0.408 e. The van der Waals surface area contributed by atoms with Gasteiger partial charge in [-0.15, -0.1) is 4.83 Å². The van der Waals surface area contributed by atoms with Gasteiger partial charge in [0.05, 0.1) is 4.90 Å². The number of carbonyl (C=O) groups excluding carboxylic acids is 3. The Morgan fingerprint density at radius 1 is 0.957 bits per heavy atom. The molecule has 0 radical (unpaired) electrons. The van der Waals surface area contributed by atoms with Crippen LogP contribution in [0, 0.1) is 12.3 Å². The summed E-state index contributed by atoms with van der Waals surface area (Å²) >= 11 is 0. The minimum atomic E-state index is -3.80. The molecule has 0 saturated carbocycles. The third-order valence-electron chi connectivity index (χ3n) is 6.38. The molecule has 2 rings (SSSR count). The van der Waals surface area contributed by atoms with Gasteiger partial charge in [0, 0.05) is 27.7 Å². The number of carbonyl (C=O) groups is 3. The zero-order valence-corrected chi connectivity index (χ0v) is 28.2. The van der Waals surface area contributed by atoms with Gasteiger partial charge < -0.3 is 29.6 Å². The minimum absolute atomic E-state index is 0.0838. The number of hydrogen-bond acceptors (Lipinski definition) is 10. The third-order valence-corrected chi connectivity index (χ3v) is 7.79. The molecule has 0 aromatic heterocycles. The number of amides is 2. The van der Waals surface area contributed by atoms with E-state index < -0.39 is 52.5 Å². The summed E-state index contributed by atoms with van der Waals surface area (Å²) in [6, 6.07) is 12.4. The Hall–Kier alpha value is -4.05. The molecule has 14 nitrogen and oxygen atoms in total. The van der Waals surface area contributed by atoms with Crippen LogP contribution in [-0.4, -0.2) is 83.0 Å². The topological polar surface area (TPSA) is 185 Å². The fraction of sp³-hybridized carbons (Fsp3) is 0.484. The van der Waals surface area contributed by atoms with Crippen LogP contribution in [0.1, 0.15) is 50.3 Å². The normalized spacial score (nSPS) is 12.3. The number of amidine groups is 1. The molecule has 0 heterocycles. The van der Waals surface area contributed by atoms with E-state index in [-0.39, 0.29) is 17.3 Å². The molecule has 46 heavy (non-hydrogen) atoms. The lowest BCUT2D eigenvalue weighted by atomic mass is 10.1. The van der Waals surface area contributed by atoms with Crippen LogP contribution >= 0.6 is 0 Å². The van der Waals surface area contributed by atoms with E-state index in [0.717, 1.165) is 11.1 Å². The number of aryl methyl sites for hydroxylation is 2. The van der Waals surface area contributed by atoms with E-state index in [1.807, 2.05) is 19.1 Å². The second-order valence-corrected chi connectivity index (χ2v) is 13.1. The lowest BCUT2D eigenvalue weighted by molar-refractivity contribution is -0.157. The van der Waals surface area contributed by atoms with Gasteiger partial charge in [-0.2, -0.15) is 0 Å². The minimum Gasteiger partial charge on any atom is -0.459 e. The fourth-order valence-electron chi connectivity index (χ4n) is 4.03. The molecule has 0 unspecified atom stereocenters. The first-order valence-corrected chi connectivity index (χ1v) is 16.0. The summed E-state index contributed by atoms with van der Waals surface area (Å²) in [6.45, 7) is 6.46. The number of ether oxygens (including phenoxy) is 4. The van der Waals surface area contributed by atoms with Crippen molar-refractivity contribution in [3.63, 3.8) is 0 Å². The zero-order valence-electron chi connectivity index (χ0n) is 27.3. The van der Waals surface area contributed by atoms with Crippen LogP contribution in [0.4, 0.5) is 4.79 Å². The van der Waals surface area contributed by atoms with Crippen LogP contribution < -0.4 is 15.5 Å². The van der Waals surface area contributed by atoms with Gasteiger partial charge in [0.2, 0.25) is 5.91 Å². The molecule has 1 atom stereocenters. The number of sulfonamides is 1. The zero-order chi connectivity index (χ0) is 34.5. The van der Waals surface area contributed by atoms with Crippen molar-refractivity contribution in [2.45, 2.75) is 76.4 Å². The summed E-state index contributed by atoms with van der Waals surface area (Å²) in [6.07, 6.45) is -0.473. The van der Waals surface area contributed by atoms with Crippen molar-refractivity contribution in [2.24, 2.45) is 0 Å². The van der Waals surface area contributed by atoms with Crippen LogP contribution in [0.2, 0.25) is 0 Å². The molecular weight excluding hydrogens is 618 g/mol. The first-order valence-electron chi connectivity index (χ1n) is 14.5. The molecule has 2 aromatic carbocycles. The van der Waals surface area contributed by atoms with Gasteiger partial charge in [-0.3, -0.25) is 20.0 Å². The van der Waals surface area contributed by atoms with Gasteiger partial charge in [0.25, 0.3) is 10.0 Å². The second-order valence-electron chi connectivity index (χ2n) is 11.4. The molecule has 0 saturated heterocycles. The Bertz CT molecular complexity index is 1420. The molecule has 0 bridgehead atoms. The first kappa shape index (κ1) is 38.1. The number of esters is 1. The molecule has 0 aliphatic carbocycles. The van der Waals surface area contributed by atoms with E-state index in [2.05, 4.69) is 15.5 Å². The molecule has 0 spiro atoms. The van der Waals surface area contributed by atoms with Crippen molar-refractivity contribution in [2.75, 3.05) is 27.8 Å². The Balaban J connectivity index is 1.82. The highest BCUT2D eigenvalue weighted by Crippen LogP contribution is 2.13. The van der Waals surface area contributed by atoms with E-state index >= 15 is 0 Å². The quantitative estimate of drug-likeness (QED) is 0.0684. The summed E-state index contributed by atoms with van der Waals surface area (Å²) in [5, 5.41) is 14.2. The Kier molecular flexibility index (Phi) is 14.6. The van der Waals surface area contributed by atoms with E-state index in [4.69, 9.17) is 24.4 Å². The average Bonchev–Trinajstić information content (AvgIpc) is 2.98. The van der Waals surface area contributed by atoms with Crippen molar-refractivity contribution >= 4 is 33.8 Å². The van der Waals surface area contributed by atoms with Crippen LogP contribution in [0.5, 0.6) is 0 Å². The van der Waals surface area contributed by atoms with Crippen molar-refractivity contribution in [3.05, 3.63) is 65.2 Å². The number of hydrogen-bond donors (Lipinski definition) is 4. The molecule has 0 aliphatic rings. The largest absolute Gasteiger partial charge is 0.459 e. The highest BCUT2D eigenvalue weighted by atomic mass is 32.2. The highest BCUT2D eigenvalue weighted by molar-refractivity contribution is 7.89. The molecule has 254 valence electrons. The molecule has 2 amide bonds. The molecule has 4 N–H and O–H groups in total. The number of alkyl carbamates (subject to hydrolysis) is 1. The molecular formula is C31H45N5O9S. The third kappa shape index (κ3) is 13.1. The number of nitrogens with one attached hydrogen (secondary N) is 4. The maximum atomic E-state index is 12.7. The molecule has 0 fully saturated rings. The van der Waals surface area contributed by atoms with Crippen molar-refractivity contribution < 1.29 is 41.7 Å². The predicted molar refractivity (Wildman–Crippen MR) is 170 cm³/mol. The van der Waals surface area contributed by atoms with Crippen LogP contribution in [0.3, 0.4) is 0 Å². The van der Waals surface area contributed by atoms with E-state index in [1.54, 1.807) is 45.0 Å². The van der Waals surface area contributed by atoms with Crippen LogP contribution in [-0.2, 0) is 51.6 Å². The van der Waals surface area contributed by atoms with Crippen molar-refractivity contribution in [3.8, 4) is 0 Å². The first-order chi connectivity index (χ1) is 21.5. The summed E-state index contributed by atoms with van der Waals surface area (Å²) in [4.78, 5) is 39.7. The maximum absolute atomic E-state index is 12.7. The fourth-order valence-corrected chi connectivity index (χ4v) is 5.10. The van der Waals surface area contributed by atoms with Gasteiger partial charge in [-0.25, -0.2) is 13.2 Å². The van der Waals surface area contributed by atoms with E-state index in [9.17, 15) is 22.8 Å². The summed E-state index contributed by atoms with van der Waals surface area (Å²) < 4.78 is 45.9. The number of nitrogens with zero attached hydrogens (tertiary/aromatic N) is 1. The predicted octanol–water partition coefficient (Wildman–Crippen LogP) is 2.79. The highest BCUT2D eigenvalue weighted by Gasteiger charge is 2.31. The second kappa shape index (κ2) is 17.6. The molecule has 0 aliphatic heterocycles. The smallest absolute Gasteiger partial charge is 0.408 e. The SMILES string of the molecule is COC(OC)[C@H](NC(=O)OCc1ccc(CCCC(=N)N(C)NS(=O)(=O)c2ccc(C)cc2)cc1)C(=O)NCC(=O)OC(C)(C)C. The summed E-state index contributed by atoms with van der Waals surface area (Å²) in [5.74, 6) is -1.26. The Morgan fingerprint density at radius 3 is 2.11 bits per heavy atom. The molecule has 2 aromatic rings. The number of rotatable bonds is 16. The van der Waals surface area contributed by atoms with Gasteiger partial charge in [-0.1, -0.05) is 42.0 Å². The number of methoxy groups -OCH3 is 2. The van der Waals surface area contributed by atoms with Gasteiger partial charge in [0.1, 0.15) is 24.6 Å². The van der Waals surface area contributed by atoms with Gasteiger partial charge in [-0.05, 0) is 63.8 Å². The van der Waals surface area contributed by atoms with Crippen molar-refractivity contribution in [1.29, 1.82) is 5.41 Å². The van der Waals surface area contributed by atoms with Crippen LogP contribution in [0.25, 0.3) is 0 Å². The lowest BCUT2D eigenvalue weighted by Gasteiger charge is -2.25. The number of hydrazine groups is 1. The van der Waals surface area contributed by atoms with E-state index in [0.29, 0.717) is 24.8 Å². The van der Waals surface area contributed by atoms with Gasteiger partial charge >= 0.3 is 12.1 Å². The van der Waals surface area contributed by atoms with E-state index in [1.165, 1.54) is 38.4 Å². The van der Waals surface area contributed by atoms with Gasteiger partial charge in [0.15, 0.2) is 12.3 Å². The average molecular weight is 664 g/mol. The summed E-state index contributed by atoms with van der Waals surface area (Å²) in [5.41, 5.74) is 1.89.